The maximum absolute atomic E-state index is 6.63. The molecule has 1 aliphatic heterocycles. The summed E-state index contributed by atoms with van der Waals surface area (Å²) in [5.41, 5.74) is 2.15. The normalized spacial score (nSPS) is 17.5. The van der Waals surface area contributed by atoms with E-state index in [2.05, 4.69) is 76.2 Å². The average Bonchev–Trinajstić information content (AvgIpc) is 2.79. The number of methoxy groups -OCH3 is 1. The van der Waals surface area contributed by atoms with Gasteiger partial charge in [0.25, 0.3) is 0 Å². The Morgan fingerprint density at radius 2 is 1.55 bits per heavy atom. The molecule has 0 N–H and O–H groups in total. The van der Waals surface area contributed by atoms with Gasteiger partial charge in [-0.3, -0.25) is 0 Å². The number of ether oxygens (including phenoxy) is 1. The van der Waals surface area contributed by atoms with Crippen LogP contribution in [-0.4, -0.2) is 29.3 Å². The molecule has 2 nitrogen and oxygen atoms in total. The zero-order valence-electron chi connectivity index (χ0n) is 13.9. The molecule has 2 aromatic carbocycles. The van der Waals surface area contributed by atoms with Crippen LogP contribution in [0.2, 0.25) is 0 Å². The number of rotatable bonds is 3. The first kappa shape index (κ1) is 16.1. The molecular weight excluding hydrogens is 469 g/mol. The summed E-state index contributed by atoms with van der Waals surface area (Å²) in [6, 6.07) is 17.4. The van der Waals surface area contributed by atoms with Crippen LogP contribution in [0.25, 0.3) is 0 Å². The zero-order valence-corrected chi connectivity index (χ0v) is 17.4. The van der Waals surface area contributed by atoms with Crippen molar-refractivity contribution in [3.8, 4) is 0 Å². The molecule has 0 saturated heterocycles. The van der Waals surface area contributed by atoms with Gasteiger partial charge < -0.3 is 0 Å². The van der Waals surface area contributed by atoms with Crippen LogP contribution in [-0.2, 0) is 18.8 Å². The first-order valence-electron chi connectivity index (χ1n) is 7.60. The molecule has 22 heavy (non-hydrogen) atoms. The molecule has 3 rings (SSSR count). The molecule has 0 aliphatic carbocycles. The Hall–Kier alpha value is -0.757. The van der Waals surface area contributed by atoms with Crippen molar-refractivity contribution in [2.75, 3.05) is 7.11 Å². The molecule has 0 amide bonds. The molecule has 0 radical (unpaired) electrons. The van der Waals surface area contributed by atoms with Gasteiger partial charge in [0.1, 0.15) is 0 Å². The van der Waals surface area contributed by atoms with Gasteiger partial charge in [0, 0.05) is 0 Å². The van der Waals surface area contributed by atoms with Gasteiger partial charge in [-0.05, 0) is 0 Å². The Kier molecular flexibility index (Phi) is 4.18. The fourth-order valence-electron chi connectivity index (χ4n) is 2.94. The van der Waals surface area contributed by atoms with Gasteiger partial charge in [-0.25, -0.2) is 0 Å². The molecular formula is C19H23BiO2. The van der Waals surface area contributed by atoms with Gasteiger partial charge in [-0.1, -0.05) is 0 Å². The third-order valence-corrected chi connectivity index (χ3v) is 13.3. The second-order valence-electron chi connectivity index (χ2n) is 6.64. The van der Waals surface area contributed by atoms with Gasteiger partial charge in [-0.15, -0.1) is 0 Å². The Bertz CT molecular complexity index is 691. The Labute approximate surface area is 141 Å². The van der Waals surface area contributed by atoms with E-state index in [9.17, 15) is 0 Å². The first-order valence-corrected chi connectivity index (χ1v) is 12.5. The summed E-state index contributed by atoms with van der Waals surface area (Å²) < 4.78 is 15.2. The number of hydrogen-bond donors (Lipinski definition) is 0. The van der Waals surface area contributed by atoms with E-state index >= 15 is 0 Å². The average molecular weight is 492 g/mol. The molecule has 0 fully saturated rings. The minimum atomic E-state index is -2.47. The third kappa shape index (κ3) is 2.64. The quantitative estimate of drug-likeness (QED) is 0.614. The van der Waals surface area contributed by atoms with E-state index in [1.165, 1.54) is 17.7 Å². The first-order chi connectivity index (χ1) is 10.4. The second kappa shape index (κ2) is 5.71. The van der Waals surface area contributed by atoms with Crippen LogP contribution in [0, 0.1) is 0 Å². The SMILES string of the molecule is COC(C)(C)c1cccc[c]1[Bi]1[O]C(C)(C)c2cccc[c]21. The van der Waals surface area contributed by atoms with Crippen molar-refractivity contribution in [2.45, 2.75) is 38.9 Å². The van der Waals surface area contributed by atoms with Crippen molar-refractivity contribution in [2.24, 2.45) is 0 Å². The van der Waals surface area contributed by atoms with Gasteiger partial charge >= 0.3 is 142 Å². The number of benzene rings is 2. The summed E-state index contributed by atoms with van der Waals surface area (Å²) in [7, 11) is 1.78. The molecule has 0 saturated carbocycles. The summed E-state index contributed by atoms with van der Waals surface area (Å²) in [5, 5.41) is 0. The number of fused-ring (bicyclic) bond motifs is 1. The topological polar surface area (TPSA) is 18.5 Å². The van der Waals surface area contributed by atoms with Crippen molar-refractivity contribution in [1.29, 1.82) is 0 Å². The van der Waals surface area contributed by atoms with Crippen LogP contribution < -0.4 is 6.54 Å². The van der Waals surface area contributed by atoms with Crippen LogP contribution in [0.4, 0.5) is 0 Å². The van der Waals surface area contributed by atoms with Crippen LogP contribution in [0.3, 0.4) is 0 Å². The molecule has 3 heteroatoms. The van der Waals surface area contributed by atoms with Gasteiger partial charge in [0.05, 0.1) is 0 Å². The van der Waals surface area contributed by atoms with Crippen molar-refractivity contribution < 1.29 is 7.55 Å². The molecule has 2 aromatic rings. The van der Waals surface area contributed by atoms with Crippen molar-refractivity contribution in [3.05, 3.63) is 59.7 Å². The minimum absolute atomic E-state index is 0.182. The van der Waals surface area contributed by atoms with E-state index < -0.39 is 22.2 Å². The number of hydrogen-bond acceptors (Lipinski definition) is 2. The molecule has 1 aliphatic rings. The predicted octanol–water partition coefficient (Wildman–Crippen LogP) is 2.94. The fourth-order valence-corrected chi connectivity index (χ4v) is 13.0. The Morgan fingerprint density at radius 1 is 0.955 bits per heavy atom. The monoisotopic (exact) mass is 492 g/mol. The summed E-state index contributed by atoms with van der Waals surface area (Å²) in [6.07, 6.45) is 0. The van der Waals surface area contributed by atoms with E-state index in [0.717, 1.165) is 0 Å². The van der Waals surface area contributed by atoms with E-state index in [1.807, 2.05) is 0 Å². The van der Waals surface area contributed by atoms with Gasteiger partial charge in [0.15, 0.2) is 0 Å². The zero-order chi connectivity index (χ0) is 16.0. The van der Waals surface area contributed by atoms with Crippen molar-refractivity contribution >= 4 is 28.7 Å². The van der Waals surface area contributed by atoms with Crippen LogP contribution >= 0.6 is 0 Å². The van der Waals surface area contributed by atoms with E-state index in [4.69, 9.17) is 7.55 Å². The summed E-state index contributed by atoms with van der Waals surface area (Å²) in [5.74, 6) is 0. The maximum atomic E-state index is 6.63. The molecule has 0 atom stereocenters. The predicted molar refractivity (Wildman–Crippen MR) is 92.1 cm³/mol. The molecule has 116 valence electrons. The van der Waals surface area contributed by atoms with E-state index in [0.29, 0.717) is 0 Å². The molecule has 0 spiro atoms. The van der Waals surface area contributed by atoms with Crippen molar-refractivity contribution in [1.82, 2.24) is 0 Å². The summed E-state index contributed by atoms with van der Waals surface area (Å²) >= 11 is -2.47. The Balaban J connectivity index is 2.15. The molecule has 0 aromatic heterocycles. The molecule has 0 unspecified atom stereocenters. The molecule has 0 bridgehead atoms. The Morgan fingerprint density at radius 3 is 2.23 bits per heavy atom. The standard InChI is InChI=1S/C10H13O.C9H10O.Bi/c1-10(2,11-3)9-7-5-4-6-8-9;1-9(2,10)8-6-4-3-5-7-8;/h4-7H,1-3H3;3-6H,1-2H3;/q;-1;+1. The van der Waals surface area contributed by atoms with Crippen LogP contribution in [0.5, 0.6) is 0 Å². The van der Waals surface area contributed by atoms with Crippen LogP contribution in [0.1, 0.15) is 38.8 Å². The third-order valence-electron chi connectivity index (χ3n) is 4.37. The van der Waals surface area contributed by atoms with Gasteiger partial charge in [-0.2, -0.15) is 0 Å². The van der Waals surface area contributed by atoms with Crippen LogP contribution in [0.15, 0.2) is 48.5 Å². The summed E-state index contributed by atoms with van der Waals surface area (Å²) in [4.78, 5) is 0. The van der Waals surface area contributed by atoms with E-state index in [-0.39, 0.29) is 11.2 Å². The van der Waals surface area contributed by atoms with Crippen molar-refractivity contribution in [3.63, 3.8) is 0 Å². The van der Waals surface area contributed by atoms with E-state index in [1.54, 1.807) is 7.11 Å². The fraction of sp³-hybridized carbons (Fsp3) is 0.368. The molecule has 1 heterocycles. The second-order valence-corrected chi connectivity index (χ2v) is 13.4. The summed E-state index contributed by atoms with van der Waals surface area (Å²) in [6.45, 7) is 8.63. The van der Waals surface area contributed by atoms with Gasteiger partial charge in [0.2, 0.25) is 0 Å².